The Morgan fingerprint density at radius 3 is 2.47 bits per heavy atom. The quantitative estimate of drug-likeness (QED) is 0.215. The third kappa shape index (κ3) is 7.47. The van der Waals surface area contributed by atoms with Gasteiger partial charge in [-0.25, -0.2) is 0 Å². The highest BCUT2D eigenvalue weighted by Gasteiger charge is 2.22. The van der Waals surface area contributed by atoms with E-state index in [1.165, 1.54) is 0 Å². The second-order valence-corrected chi connectivity index (χ2v) is 8.98. The number of carbonyl (C=O) groups is 1. The molecule has 0 spiro atoms. The Balaban J connectivity index is 1.50. The molecule has 1 atom stereocenters. The molecule has 3 aromatic carbocycles. The summed E-state index contributed by atoms with van der Waals surface area (Å²) in [7, 11) is 1.59. The summed E-state index contributed by atoms with van der Waals surface area (Å²) in [4.78, 5) is 15.7. The number of morpholine rings is 1. The highest BCUT2D eigenvalue weighted by molar-refractivity contribution is 5.95. The van der Waals surface area contributed by atoms with Crippen LogP contribution >= 0.6 is 0 Å². The lowest BCUT2D eigenvalue weighted by molar-refractivity contribution is -0.122. The first-order valence-corrected chi connectivity index (χ1v) is 12.7. The standard InChI is InChI=1S/C29H35N5O4/c1-36-26-19-23(9-12-25(26)38-18-15-34-13-16-37-17-14-34)27(29(35)32-20-21-5-3-2-4-6-21)33-24-10-7-22(8-11-24)28(30)31/h2-12,19,27,33H,13-18,20H2,1H3,(H3,30,31)(H,32,35). The van der Waals surface area contributed by atoms with Gasteiger partial charge in [0.1, 0.15) is 18.5 Å². The van der Waals surface area contributed by atoms with Crippen molar-refractivity contribution in [2.75, 3.05) is 51.9 Å². The van der Waals surface area contributed by atoms with E-state index in [-0.39, 0.29) is 11.7 Å². The molecule has 1 aliphatic heterocycles. The molecule has 0 aliphatic carbocycles. The van der Waals surface area contributed by atoms with Crippen LogP contribution in [0.15, 0.2) is 72.8 Å². The second kappa shape index (κ2) is 13.5. The monoisotopic (exact) mass is 517 g/mol. The van der Waals surface area contributed by atoms with Gasteiger partial charge in [0.2, 0.25) is 5.91 Å². The molecule has 1 saturated heterocycles. The van der Waals surface area contributed by atoms with Crippen LogP contribution in [-0.4, -0.2) is 63.2 Å². The summed E-state index contributed by atoms with van der Waals surface area (Å²) >= 11 is 0. The third-order valence-electron chi connectivity index (χ3n) is 6.37. The fraction of sp³-hybridized carbons (Fsp3) is 0.310. The maximum Gasteiger partial charge on any atom is 0.247 e. The molecule has 1 heterocycles. The van der Waals surface area contributed by atoms with Gasteiger partial charge in [-0.05, 0) is 47.5 Å². The summed E-state index contributed by atoms with van der Waals surface area (Å²) in [6.07, 6.45) is 0. The molecule has 38 heavy (non-hydrogen) atoms. The van der Waals surface area contributed by atoms with Crippen molar-refractivity contribution in [3.05, 3.63) is 89.5 Å². The van der Waals surface area contributed by atoms with Crippen molar-refractivity contribution in [1.29, 1.82) is 5.41 Å². The summed E-state index contributed by atoms with van der Waals surface area (Å²) in [5, 5.41) is 14.0. The summed E-state index contributed by atoms with van der Waals surface area (Å²) in [6, 6.07) is 21.7. The molecule has 1 amide bonds. The normalized spacial score (nSPS) is 14.3. The molecule has 1 unspecified atom stereocenters. The lowest BCUT2D eigenvalue weighted by atomic mass is 10.0. The molecule has 200 valence electrons. The van der Waals surface area contributed by atoms with Gasteiger partial charge in [-0.1, -0.05) is 36.4 Å². The zero-order chi connectivity index (χ0) is 26.7. The molecule has 0 radical (unpaired) electrons. The van der Waals surface area contributed by atoms with Crippen molar-refractivity contribution in [3.63, 3.8) is 0 Å². The Morgan fingerprint density at radius 2 is 1.79 bits per heavy atom. The Hall–Kier alpha value is -4.08. The highest BCUT2D eigenvalue weighted by Crippen LogP contribution is 2.32. The van der Waals surface area contributed by atoms with E-state index in [9.17, 15) is 4.79 Å². The molecule has 1 fully saturated rings. The van der Waals surface area contributed by atoms with Gasteiger partial charge in [0.25, 0.3) is 0 Å². The molecular weight excluding hydrogens is 482 g/mol. The number of rotatable bonds is 12. The maximum atomic E-state index is 13.4. The molecule has 4 rings (SSSR count). The fourth-order valence-corrected chi connectivity index (χ4v) is 4.19. The first kappa shape index (κ1) is 27.0. The number of hydrogen-bond acceptors (Lipinski definition) is 7. The minimum atomic E-state index is -0.696. The number of amides is 1. The van der Waals surface area contributed by atoms with Crippen LogP contribution in [0.2, 0.25) is 0 Å². The molecule has 0 bridgehead atoms. The van der Waals surface area contributed by atoms with Crippen molar-refractivity contribution in [2.24, 2.45) is 5.73 Å². The predicted molar refractivity (Wildman–Crippen MR) is 148 cm³/mol. The molecule has 9 nitrogen and oxygen atoms in total. The van der Waals surface area contributed by atoms with Gasteiger partial charge < -0.3 is 30.6 Å². The number of nitrogen functional groups attached to an aromatic ring is 1. The lowest BCUT2D eigenvalue weighted by Crippen LogP contribution is -2.38. The van der Waals surface area contributed by atoms with E-state index in [1.54, 1.807) is 31.4 Å². The van der Waals surface area contributed by atoms with Crippen LogP contribution in [0.4, 0.5) is 5.69 Å². The smallest absolute Gasteiger partial charge is 0.247 e. The van der Waals surface area contributed by atoms with E-state index in [0.29, 0.717) is 30.2 Å². The van der Waals surface area contributed by atoms with Crippen LogP contribution in [-0.2, 0) is 16.1 Å². The summed E-state index contributed by atoms with van der Waals surface area (Å²) in [5.74, 6) is 0.980. The SMILES string of the molecule is COc1cc(C(Nc2ccc(C(=N)N)cc2)C(=O)NCc2ccccc2)ccc1OCCN1CCOCC1. The average molecular weight is 518 g/mol. The highest BCUT2D eigenvalue weighted by atomic mass is 16.5. The summed E-state index contributed by atoms with van der Waals surface area (Å²) in [5.41, 5.74) is 8.65. The van der Waals surface area contributed by atoms with Crippen LogP contribution in [0.5, 0.6) is 11.5 Å². The van der Waals surface area contributed by atoms with Gasteiger partial charge in [-0.2, -0.15) is 0 Å². The third-order valence-corrected chi connectivity index (χ3v) is 6.37. The van der Waals surface area contributed by atoms with Gasteiger partial charge in [-0.15, -0.1) is 0 Å². The van der Waals surface area contributed by atoms with E-state index in [1.807, 2.05) is 48.5 Å². The minimum Gasteiger partial charge on any atom is -0.493 e. The minimum absolute atomic E-state index is 0.0114. The van der Waals surface area contributed by atoms with Gasteiger partial charge in [0, 0.05) is 37.4 Å². The molecule has 3 aromatic rings. The number of anilines is 1. The zero-order valence-corrected chi connectivity index (χ0v) is 21.6. The topological polar surface area (TPSA) is 122 Å². The first-order chi connectivity index (χ1) is 18.5. The molecular formula is C29H35N5O4. The molecule has 1 aliphatic rings. The van der Waals surface area contributed by atoms with Gasteiger partial charge in [0.15, 0.2) is 11.5 Å². The number of amidine groups is 1. The van der Waals surface area contributed by atoms with Crippen LogP contribution in [0.3, 0.4) is 0 Å². The van der Waals surface area contributed by atoms with Crippen LogP contribution in [0.1, 0.15) is 22.7 Å². The van der Waals surface area contributed by atoms with E-state index in [2.05, 4.69) is 15.5 Å². The lowest BCUT2D eigenvalue weighted by Gasteiger charge is -2.26. The van der Waals surface area contributed by atoms with E-state index in [4.69, 9.17) is 25.4 Å². The number of hydrogen-bond donors (Lipinski definition) is 4. The molecule has 0 saturated carbocycles. The number of methoxy groups -OCH3 is 1. The van der Waals surface area contributed by atoms with E-state index in [0.717, 1.165) is 49.7 Å². The van der Waals surface area contributed by atoms with Crippen molar-refractivity contribution >= 4 is 17.4 Å². The van der Waals surface area contributed by atoms with Gasteiger partial charge in [-0.3, -0.25) is 15.1 Å². The summed E-state index contributed by atoms with van der Waals surface area (Å²) < 4.78 is 17.1. The Bertz CT molecular complexity index is 1200. The number of carbonyl (C=O) groups excluding carboxylic acids is 1. The number of benzene rings is 3. The molecule has 5 N–H and O–H groups in total. The van der Waals surface area contributed by atoms with E-state index >= 15 is 0 Å². The molecule has 0 aromatic heterocycles. The number of nitrogens with two attached hydrogens (primary N) is 1. The van der Waals surface area contributed by atoms with Gasteiger partial charge >= 0.3 is 0 Å². The Labute approximate surface area is 223 Å². The number of nitrogens with zero attached hydrogens (tertiary/aromatic N) is 1. The number of nitrogens with one attached hydrogen (secondary N) is 3. The van der Waals surface area contributed by atoms with Crippen LogP contribution < -0.4 is 25.8 Å². The Kier molecular flexibility index (Phi) is 9.55. The van der Waals surface area contributed by atoms with Crippen LogP contribution in [0, 0.1) is 5.41 Å². The second-order valence-electron chi connectivity index (χ2n) is 8.98. The maximum absolute atomic E-state index is 13.4. The summed E-state index contributed by atoms with van der Waals surface area (Å²) in [6.45, 7) is 5.03. The van der Waals surface area contributed by atoms with Crippen molar-refractivity contribution in [3.8, 4) is 11.5 Å². The predicted octanol–water partition coefficient (Wildman–Crippen LogP) is 3.16. The largest absolute Gasteiger partial charge is 0.493 e. The van der Waals surface area contributed by atoms with E-state index < -0.39 is 6.04 Å². The fourth-order valence-electron chi connectivity index (χ4n) is 4.19. The Morgan fingerprint density at radius 1 is 1.05 bits per heavy atom. The average Bonchev–Trinajstić information content (AvgIpc) is 2.96. The zero-order valence-electron chi connectivity index (χ0n) is 21.6. The first-order valence-electron chi connectivity index (χ1n) is 12.7. The molecule has 9 heteroatoms. The van der Waals surface area contributed by atoms with Crippen molar-refractivity contribution in [1.82, 2.24) is 10.2 Å². The van der Waals surface area contributed by atoms with Crippen molar-refractivity contribution in [2.45, 2.75) is 12.6 Å². The van der Waals surface area contributed by atoms with Gasteiger partial charge in [0.05, 0.1) is 20.3 Å². The van der Waals surface area contributed by atoms with Crippen LogP contribution in [0.25, 0.3) is 0 Å². The van der Waals surface area contributed by atoms with Crippen molar-refractivity contribution < 1.29 is 19.0 Å². The number of ether oxygens (including phenoxy) is 3.